The maximum atomic E-state index is 13.1. The van der Waals surface area contributed by atoms with Gasteiger partial charge in [0.05, 0.1) is 11.7 Å². The molecule has 28 heavy (non-hydrogen) atoms. The predicted molar refractivity (Wildman–Crippen MR) is 109 cm³/mol. The van der Waals surface area contributed by atoms with Crippen LogP contribution in [-0.4, -0.2) is 44.6 Å². The summed E-state index contributed by atoms with van der Waals surface area (Å²) in [6.07, 6.45) is 3.84. The van der Waals surface area contributed by atoms with E-state index in [0.29, 0.717) is 17.7 Å². The number of piperidine rings is 1. The molecule has 4 rings (SSSR count). The van der Waals surface area contributed by atoms with Crippen LogP contribution in [0.5, 0.6) is 0 Å². The van der Waals surface area contributed by atoms with Gasteiger partial charge in [-0.2, -0.15) is 8.75 Å². The maximum absolute atomic E-state index is 13.1. The Morgan fingerprint density at radius 1 is 1.04 bits per heavy atom. The lowest BCUT2D eigenvalue weighted by Crippen LogP contribution is -2.45. The van der Waals surface area contributed by atoms with Gasteiger partial charge in [-0.3, -0.25) is 9.59 Å². The van der Waals surface area contributed by atoms with Crippen molar-refractivity contribution in [2.45, 2.75) is 31.7 Å². The lowest BCUT2D eigenvalue weighted by Gasteiger charge is -2.36. The number of hydrogen-bond donors (Lipinski definition) is 1. The van der Waals surface area contributed by atoms with Gasteiger partial charge >= 0.3 is 0 Å². The second-order valence-electron chi connectivity index (χ2n) is 7.03. The molecule has 6 nitrogen and oxygen atoms in total. The zero-order valence-corrected chi connectivity index (χ0v) is 16.3. The van der Waals surface area contributed by atoms with Gasteiger partial charge in [0.1, 0.15) is 11.0 Å². The summed E-state index contributed by atoms with van der Waals surface area (Å²) >= 11 is 1.16. The molecule has 0 spiro atoms. The van der Waals surface area contributed by atoms with Gasteiger partial charge < -0.3 is 10.2 Å². The van der Waals surface area contributed by atoms with E-state index >= 15 is 0 Å². The van der Waals surface area contributed by atoms with Gasteiger partial charge in [-0.15, -0.1) is 0 Å². The Labute approximate surface area is 167 Å². The van der Waals surface area contributed by atoms with Gasteiger partial charge in [-0.25, -0.2) is 0 Å². The minimum atomic E-state index is -0.0734. The van der Waals surface area contributed by atoms with E-state index in [0.717, 1.165) is 55.0 Å². The van der Waals surface area contributed by atoms with Gasteiger partial charge in [0.2, 0.25) is 0 Å². The first-order chi connectivity index (χ1) is 13.7. The van der Waals surface area contributed by atoms with Crippen molar-refractivity contribution in [3.8, 4) is 0 Å². The number of nitrogens with one attached hydrogen (secondary N) is 1. The summed E-state index contributed by atoms with van der Waals surface area (Å²) in [6.45, 7) is 1.31. The topological polar surface area (TPSA) is 75.2 Å². The molecular weight excluding hydrogens is 372 g/mol. The number of amides is 2. The molecule has 2 heterocycles. The number of aromatic nitrogens is 2. The van der Waals surface area contributed by atoms with Crippen molar-refractivity contribution in [1.82, 2.24) is 19.0 Å². The van der Waals surface area contributed by atoms with Crippen LogP contribution in [0, 0.1) is 0 Å². The van der Waals surface area contributed by atoms with Gasteiger partial charge in [-0.05, 0) is 56.0 Å². The fourth-order valence-corrected chi connectivity index (χ4v) is 4.21. The minimum absolute atomic E-state index is 0.0361. The van der Waals surface area contributed by atoms with Crippen LogP contribution >= 0.6 is 11.7 Å². The minimum Gasteiger partial charge on any atom is -0.352 e. The van der Waals surface area contributed by atoms with Gasteiger partial charge in [0.15, 0.2) is 0 Å². The largest absolute Gasteiger partial charge is 0.352 e. The molecule has 7 heteroatoms. The molecule has 1 unspecified atom stereocenters. The van der Waals surface area contributed by atoms with Crippen LogP contribution in [0.3, 0.4) is 0 Å². The van der Waals surface area contributed by atoms with Crippen molar-refractivity contribution in [3.63, 3.8) is 0 Å². The lowest BCUT2D eigenvalue weighted by molar-refractivity contribution is 0.0601. The third-order valence-electron chi connectivity index (χ3n) is 5.19. The first-order valence-electron chi connectivity index (χ1n) is 9.59. The molecule has 144 valence electrons. The number of likely N-dealkylation sites (tertiary alicyclic amines) is 1. The van der Waals surface area contributed by atoms with Crippen molar-refractivity contribution >= 4 is 34.6 Å². The molecule has 0 aliphatic carbocycles. The molecule has 1 atom stereocenters. The highest BCUT2D eigenvalue weighted by Gasteiger charge is 2.27. The summed E-state index contributed by atoms with van der Waals surface area (Å²) in [7, 11) is 0. The molecule has 1 N–H and O–H groups in total. The van der Waals surface area contributed by atoms with E-state index in [1.165, 1.54) is 0 Å². The quantitative estimate of drug-likeness (QED) is 0.719. The molecule has 3 aromatic rings. The average molecular weight is 395 g/mol. The summed E-state index contributed by atoms with van der Waals surface area (Å²) in [5.74, 6) is -0.0373. The van der Waals surface area contributed by atoms with E-state index < -0.39 is 0 Å². The van der Waals surface area contributed by atoms with E-state index in [-0.39, 0.29) is 17.9 Å². The van der Waals surface area contributed by atoms with Gasteiger partial charge in [0.25, 0.3) is 11.8 Å². The summed E-state index contributed by atoms with van der Waals surface area (Å²) in [6, 6.07) is 14.8. The zero-order valence-electron chi connectivity index (χ0n) is 15.5. The van der Waals surface area contributed by atoms with Gasteiger partial charge in [-0.1, -0.05) is 18.2 Å². The molecule has 1 aromatic heterocycles. The highest BCUT2D eigenvalue weighted by Crippen LogP contribution is 2.23. The second-order valence-corrected chi connectivity index (χ2v) is 7.55. The van der Waals surface area contributed by atoms with Crippen LogP contribution in [0.15, 0.2) is 48.5 Å². The number of hydrogen-bond acceptors (Lipinski definition) is 5. The first-order valence-corrected chi connectivity index (χ1v) is 10.3. The van der Waals surface area contributed by atoms with E-state index in [4.69, 9.17) is 0 Å². The highest BCUT2D eigenvalue weighted by atomic mass is 32.1. The summed E-state index contributed by atoms with van der Waals surface area (Å²) < 4.78 is 8.43. The third kappa shape index (κ3) is 4.04. The van der Waals surface area contributed by atoms with Crippen molar-refractivity contribution < 1.29 is 9.59 Å². The lowest BCUT2D eigenvalue weighted by atomic mass is 9.98. The fraction of sp³-hybridized carbons (Fsp3) is 0.333. The van der Waals surface area contributed by atoms with E-state index in [1.807, 2.05) is 41.3 Å². The summed E-state index contributed by atoms with van der Waals surface area (Å²) in [4.78, 5) is 27.3. The highest BCUT2D eigenvalue weighted by molar-refractivity contribution is 7.00. The SMILES string of the molecule is O=C(NCCC1CCCCN1C(=O)c1ccc2nsnc2c1)c1ccccc1. The summed E-state index contributed by atoms with van der Waals surface area (Å²) in [5, 5.41) is 2.97. The van der Waals surface area contributed by atoms with Crippen LogP contribution < -0.4 is 5.32 Å². The van der Waals surface area contributed by atoms with Crippen molar-refractivity contribution in [2.75, 3.05) is 13.1 Å². The molecule has 2 amide bonds. The third-order valence-corrected chi connectivity index (χ3v) is 5.74. The Balaban J connectivity index is 1.39. The van der Waals surface area contributed by atoms with E-state index in [2.05, 4.69) is 14.1 Å². The fourth-order valence-electron chi connectivity index (χ4n) is 3.69. The second kappa shape index (κ2) is 8.48. The zero-order chi connectivity index (χ0) is 19.3. The van der Waals surface area contributed by atoms with Crippen LogP contribution in [0.25, 0.3) is 11.0 Å². The number of carbonyl (C=O) groups is 2. The Morgan fingerprint density at radius 2 is 1.86 bits per heavy atom. The number of carbonyl (C=O) groups excluding carboxylic acids is 2. The maximum Gasteiger partial charge on any atom is 0.254 e. The van der Waals surface area contributed by atoms with Crippen molar-refractivity contribution in [2.24, 2.45) is 0 Å². The van der Waals surface area contributed by atoms with E-state index in [1.54, 1.807) is 12.1 Å². The number of nitrogens with zero attached hydrogens (tertiary/aromatic N) is 3. The average Bonchev–Trinajstić information content (AvgIpc) is 3.22. The molecule has 0 saturated carbocycles. The molecule has 0 bridgehead atoms. The smallest absolute Gasteiger partial charge is 0.254 e. The molecule has 1 saturated heterocycles. The standard InChI is InChI=1S/C21H22N4O2S/c26-20(15-6-2-1-3-7-15)22-12-11-17-8-4-5-13-25(17)21(27)16-9-10-18-19(14-16)24-28-23-18/h1-3,6-7,9-10,14,17H,4-5,8,11-13H2,(H,22,26). The normalized spacial score (nSPS) is 16.9. The molecule has 0 radical (unpaired) electrons. The summed E-state index contributed by atoms with van der Waals surface area (Å²) in [5.41, 5.74) is 2.89. The number of benzene rings is 2. The van der Waals surface area contributed by atoms with Crippen LogP contribution in [0.4, 0.5) is 0 Å². The van der Waals surface area contributed by atoms with E-state index in [9.17, 15) is 9.59 Å². The predicted octanol–water partition coefficient (Wildman–Crippen LogP) is 3.51. The van der Waals surface area contributed by atoms with Crippen molar-refractivity contribution in [1.29, 1.82) is 0 Å². The Bertz CT molecular complexity index is 973. The molecular formula is C21H22N4O2S. The Kier molecular flexibility index (Phi) is 5.62. The van der Waals surface area contributed by atoms with Crippen LogP contribution in [0.1, 0.15) is 46.4 Å². The monoisotopic (exact) mass is 394 g/mol. The Hall–Kier alpha value is -2.80. The van der Waals surface area contributed by atoms with Crippen LogP contribution in [-0.2, 0) is 0 Å². The first kappa shape index (κ1) is 18.6. The van der Waals surface area contributed by atoms with Crippen LogP contribution in [0.2, 0.25) is 0 Å². The molecule has 2 aromatic carbocycles. The number of rotatable bonds is 5. The van der Waals surface area contributed by atoms with Gasteiger partial charge in [0, 0.05) is 30.3 Å². The number of fused-ring (bicyclic) bond motifs is 1. The molecule has 1 aliphatic heterocycles. The Morgan fingerprint density at radius 3 is 2.71 bits per heavy atom. The van der Waals surface area contributed by atoms with Crippen molar-refractivity contribution in [3.05, 3.63) is 59.7 Å². The molecule has 1 aliphatic rings. The molecule has 1 fully saturated rings.